The van der Waals surface area contributed by atoms with Gasteiger partial charge in [-0.1, -0.05) is 58.4 Å². The van der Waals surface area contributed by atoms with Crippen molar-refractivity contribution in [2.45, 2.75) is 24.5 Å². The first-order valence-corrected chi connectivity index (χ1v) is 11.9. The molecule has 6 heteroatoms. The molecule has 0 aliphatic rings. The van der Waals surface area contributed by atoms with Crippen molar-refractivity contribution in [2.24, 2.45) is 0 Å². The minimum atomic E-state index is -1.37. The van der Waals surface area contributed by atoms with Crippen molar-refractivity contribution in [2.75, 3.05) is 21.2 Å². The van der Waals surface area contributed by atoms with Crippen molar-refractivity contribution >= 4 is 26.8 Å². The SMILES string of the molecule is COc1nc2ccc(Br)cc2cc1CC(O)(CC(c1ccccc1)N(C)C)c1cccc(F)c1. The first kappa shape index (κ1) is 24.3. The fourth-order valence-corrected chi connectivity index (χ4v) is 4.83. The summed E-state index contributed by atoms with van der Waals surface area (Å²) in [6.07, 6.45) is 0.569. The number of ether oxygens (including phenoxy) is 1. The van der Waals surface area contributed by atoms with Crippen LogP contribution in [0.2, 0.25) is 0 Å². The Morgan fingerprint density at radius 1 is 1.03 bits per heavy atom. The maximum atomic E-state index is 14.3. The summed E-state index contributed by atoms with van der Waals surface area (Å²) in [6.45, 7) is 0. The standard InChI is InChI=1S/C28H28BrFN2O2/c1-32(2)26(19-8-5-4-6-9-19)18-28(33,22-10-7-11-24(30)16-22)17-21-14-20-15-23(29)12-13-25(20)31-27(21)34-3/h4-16,26,33H,17-18H2,1-3H3. The minimum Gasteiger partial charge on any atom is -0.481 e. The molecule has 4 rings (SSSR count). The average Bonchev–Trinajstić information content (AvgIpc) is 2.82. The second kappa shape index (κ2) is 10.2. The Kier molecular flexibility index (Phi) is 7.31. The fraction of sp³-hybridized carbons (Fsp3) is 0.250. The van der Waals surface area contributed by atoms with E-state index in [4.69, 9.17) is 4.74 Å². The van der Waals surface area contributed by atoms with Gasteiger partial charge in [0.05, 0.1) is 18.2 Å². The number of hydrogen-bond donors (Lipinski definition) is 1. The molecule has 3 aromatic carbocycles. The Morgan fingerprint density at radius 3 is 2.47 bits per heavy atom. The molecule has 1 heterocycles. The van der Waals surface area contributed by atoms with E-state index in [2.05, 4.69) is 25.8 Å². The molecule has 2 unspecified atom stereocenters. The van der Waals surface area contributed by atoms with Crippen LogP contribution in [0.25, 0.3) is 10.9 Å². The number of hydrogen-bond acceptors (Lipinski definition) is 4. The Balaban J connectivity index is 1.82. The van der Waals surface area contributed by atoms with E-state index in [-0.39, 0.29) is 18.3 Å². The van der Waals surface area contributed by atoms with Gasteiger partial charge in [-0.15, -0.1) is 0 Å². The van der Waals surface area contributed by atoms with Gasteiger partial charge >= 0.3 is 0 Å². The van der Waals surface area contributed by atoms with Crippen LogP contribution >= 0.6 is 15.9 Å². The van der Waals surface area contributed by atoms with Gasteiger partial charge in [-0.3, -0.25) is 0 Å². The molecular formula is C28H28BrFN2O2. The Bertz CT molecular complexity index is 1280. The molecule has 2 atom stereocenters. The highest BCUT2D eigenvalue weighted by Gasteiger charge is 2.36. The Labute approximate surface area is 208 Å². The molecule has 0 saturated carbocycles. The quantitative estimate of drug-likeness (QED) is 0.296. The molecule has 0 aliphatic carbocycles. The number of nitrogens with zero attached hydrogens (tertiary/aromatic N) is 2. The van der Waals surface area contributed by atoms with Gasteiger partial charge in [0.2, 0.25) is 5.88 Å². The molecular weight excluding hydrogens is 495 g/mol. The van der Waals surface area contributed by atoms with E-state index in [0.717, 1.165) is 26.5 Å². The topological polar surface area (TPSA) is 45.6 Å². The Hall–Kier alpha value is -2.80. The molecule has 4 aromatic rings. The number of aromatic nitrogens is 1. The van der Waals surface area contributed by atoms with E-state index in [1.165, 1.54) is 12.1 Å². The van der Waals surface area contributed by atoms with Crippen molar-refractivity contribution in [1.82, 2.24) is 9.88 Å². The average molecular weight is 523 g/mol. The monoisotopic (exact) mass is 522 g/mol. The normalized spacial score (nSPS) is 14.2. The molecule has 0 bridgehead atoms. The maximum Gasteiger partial charge on any atom is 0.216 e. The third-order valence-corrected chi connectivity index (χ3v) is 6.69. The zero-order valence-corrected chi connectivity index (χ0v) is 21.1. The third kappa shape index (κ3) is 5.30. The molecule has 4 nitrogen and oxygen atoms in total. The predicted molar refractivity (Wildman–Crippen MR) is 137 cm³/mol. The molecule has 176 valence electrons. The lowest BCUT2D eigenvalue weighted by atomic mass is 9.80. The molecule has 34 heavy (non-hydrogen) atoms. The van der Waals surface area contributed by atoms with Crippen molar-refractivity contribution in [1.29, 1.82) is 0 Å². The van der Waals surface area contributed by atoms with Gasteiger partial charge in [0.25, 0.3) is 0 Å². The van der Waals surface area contributed by atoms with Crippen molar-refractivity contribution in [3.63, 3.8) is 0 Å². The van der Waals surface area contributed by atoms with Crippen LogP contribution in [0.4, 0.5) is 4.39 Å². The molecule has 0 amide bonds. The highest BCUT2D eigenvalue weighted by molar-refractivity contribution is 9.10. The van der Waals surface area contributed by atoms with Crippen LogP contribution in [0.3, 0.4) is 0 Å². The highest BCUT2D eigenvalue weighted by Crippen LogP contribution is 2.39. The minimum absolute atomic E-state index is 0.0944. The lowest BCUT2D eigenvalue weighted by molar-refractivity contribution is 0.00313. The van der Waals surface area contributed by atoms with Gasteiger partial charge < -0.3 is 14.7 Å². The van der Waals surface area contributed by atoms with Crippen LogP contribution in [0.15, 0.2) is 83.3 Å². The van der Waals surface area contributed by atoms with Crippen LogP contribution in [0.5, 0.6) is 5.88 Å². The fourth-order valence-electron chi connectivity index (χ4n) is 4.46. The van der Waals surface area contributed by atoms with Crippen molar-refractivity contribution in [3.8, 4) is 5.88 Å². The van der Waals surface area contributed by atoms with Gasteiger partial charge in [-0.25, -0.2) is 9.37 Å². The van der Waals surface area contributed by atoms with Gasteiger partial charge in [-0.2, -0.15) is 0 Å². The van der Waals surface area contributed by atoms with E-state index in [1.54, 1.807) is 19.2 Å². The second-order valence-electron chi connectivity index (χ2n) is 8.81. The summed E-state index contributed by atoms with van der Waals surface area (Å²) in [7, 11) is 5.54. The lowest BCUT2D eigenvalue weighted by Gasteiger charge is -2.36. The number of aliphatic hydroxyl groups is 1. The molecule has 0 radical (unpaired) electrons. The van der Waals surface area contributed by atoms with Crippen molar-refractivity contribution in [3.05, 3.63) is 106 Å². The number of fused-ring (bicyclic) bond motifs is 1. The van der Waals surface area contributed by atoms with E-state index in [1.807, 2.05) is 68.7 Å². The smallest absolute Gasteiger partial charge is 0.216 e. The number of halogens is 2. The first-order valence-electron chi connectivity index (χ1n) is 11.1. The van der Waals surface area contributed by atoms with Crippen LogP contribution < -0.4 is 4.74 Å². The summed E-state index contributed by atoms with van der Waals surface area (Å²) >= 11 is 3.52. The molecule has 0 spiro atoms. The van der Waals surface area contributed by atoms with Gasteiger partial charge in [0.1, 0.15) is 5.82 Å². The highest BCUT2D eigenvalue weighted by atomic mass is 79.9. The van der Waals surface area contributed by atoms with E-state index in [0.29, 0.717) is 17.9 Å². The van der Waals surface area contributed by atoms with Crippen LogP contribution in [-0.4, -0.2) is 36.2 Å². The predicted octanol–water partition coefficient (Wildman–Crippen LogP) is 6.27. The summed E-state index contributed by atoms with van der Waals surface area (Å²) in [4.78, 5) is 6.74. The number of benzene rings is 3. The van der Waals surface area contributed by atoms with E-state index < -0.39 is 5.60 Å². The van der Waals surface area contributed by atoms with Gasteiger partial charge in [-0.05, 0) is 61.6 Å². The van der Waals surface area contributed by atoms with Gasteiger partial charge in [0, 0.05) is 34.3 Å². The molecule has 0 fully saturated rings. The Morgan fingerprint density at radius 2 is 1.79 bits per heavy atom. The largest absolute Gasteiger partial charge is 0.481 e. The summed E-state index contributed by atoms with van der Waals surface area (Å²) in [5.41, 5.74) is 1.78. The van der Waals surface area contributed by atoms with Crippen LogP contribution in [0, 0.1) is 5.82 Å². The number of rotatable bonds is 8. The molecule has 0 saturated heterocycles. The molecule has 0 aliphatic heterocycles. The third-order valence-electron chi connectivity index (χ3n) is 6.19. The van der Waals surface area contributed by atoms with E-state index in [9.17, 15) is 9.50 Å². The maximum absolute atomic E-state index is 14.3. The second-order valence-corrected chi connectivity index (χ2v) is 9.72. The van der Waals surface area contributed by atoms with Crippen LogP contribution in [0.1, 0.15) is 29.2 Å². The first-order chi connectivity index (χ1) is 16.3. The summed E-state index contributed by atoms with van der Waals surface area (Å²) in [6, 6.07) is 24.0. The number of pyridine rings is 1. The van der Waals surface area contributed by atoms with Crippen molar-refractivity contribution < 1.29 is 14.2 Å². The molecule has 1 N–H and O–H groups in total. The van der Waals surface area contributed by atoms with E-state index >= 15 is 0 Å². The zero-order valence-electron chi connectivity index (χ0n) is 19.5. The number of methoxy groups -OCH3 is 1. The zero-order chi connectivity index (χ0) is 24.3. The summed E-state index contributed by atoms with van der Waals surface area (Å²) < 4.78 is 20.8. The summed E-state index contributed by atoms with van der Waals surface area (Å²) in [5.74, 6) is 0.0651. The lowest BCUT2D eigenvalue weighted by Crippen LogP contribution is -2.35. The summed E-state index contributed by atoms with van der Waals surface area (Å²) in [5, 5.41) is 13.1. The van der Waals surface area contributed by atoms with Gasteiger partial charge in [0.15, 0.2) is 0 Å². The molecule has 1 aromatic heterocycles. The van der Waals surface area contributed by atoms with Crippen LogP contribution in [-0.2, 0) is 12.0 Å².